The summed E-state index contributed by atoms with van der Waals surface area (Å²) in [7, 11) is 1.98. The van der Waals surface area contributed by atoms with Crippen molar-refractivity contribution in [2.75, 3.05) is 13.6 Å². The maximum atomic E-state index is 5.94. The van der Waals surface area contributed by atoms with Crippen molar-refractivity contribution < 1.29 is 4.74 Å². The molecule has 0 aromatic rings. The highest BCUT2D eigenvalue weighted by atomic mass is 16.5. The van der Waals surface area contributed by atoms with Crippen molar-refractivity contribution in [2.24, 2.45) is 5.92 Å². The number of hydrogen-bond donors (Lipinski definition) is 1. The van der Waals surface area contributed by atoms with Crippen LogP contribution in [0.2, 0.25) is 0 Å². The molecule has 0 heterocycles. The summed E-state index contributed by atoms with van der Waals surface area (Å²) >= 11 is 0. The van der Waals surface area contributed by atoms with Crippen LogP contribution in [-0.2, 0) is 4.74 Å². The van der Waals surface area contributed by atoms with Crippen LogP contribution in [0.25, 0.3) is 0 Å². The molecule has 1 fully saturated rings. The Hall–Kier alpha value is -0.0800. The van der Waals surface area contributed by atoms with Crippen LogP contribution < -0.4 is 5.32 Å². The van der Waals surface area contributed by atoms with Crippen LogP contribution in [0.1, 0.15) is 39.5 Å². The lowest BCUT2D eigenvalue weighted by Gasteiger charge is -2.29. The summed E-state index contributed by atoms with van der Waals surface area (Å²) in [6.07, 6.45) is 6.14. The summed E-state index contributed by atoms with van der Waals surface area (Å²) in [5.41, 5.74) is 0. The van der Waals surface area contributed by atoms with Crippen molar-refractivity contribution in [3.8, 4) is 0 Å². The molecule has 0 aliphatic heterocycles. The lowest BCUT2D eigenvalue weighted by atomic mass is 9.88. The molecular weight excluding hydrogens is 162 g/mol. The SMILES string of the molecule is CNCC(C)OC1CCCC(C)C1. The van der Waals surface area contributed by atoms with Crippen LogP contribution in [0.15, 0.2) is 0 Å². The van der Waals surface area contributed by atoms with E-state index in [9.17, 15) is 0 Å². The lowest BCUT2D eigenvalue weighted by molar-refractivity contribution is -0.0285. The molecule has 78 valence electrons. The maximum Gasteiger partial charge on any atom is 0.0675 e. The van der Waals surface area contributed by atoms with Gasteiger partial charge in [-0.25, -0.2) is 0 Å². The molecule has 1 rings (SSSR count). The van der Waals surface area contributed by atoms with E-state index >= 15 is 0 Å². The second-order valence-corrected chi connectivity index (χ2v) is 4.40. The van der Waals surface area contributed by atoms with Gasteiger partial charge in [0.1, 0.15) is 0 Å². The van der Waals surface area contributed by atoms with Crippen molar-refractivity contribution in [3.63, 3.8) is 0 Å². The number of rotatable bonds is 4. The van der Waals surface area contributed by atoms with Crippen molar-refractivity contribution in [1.82, 2.24) is 5.32 Å². The molecule has 3 unspecified atom stereocenters. The first kappa shape index (κ1) is 11.0. The summed E-state index contributed by atoms with van der Waals surface area (Å²) in [4.78, 5) is 0. The highest BCUT2D eigenvalue weighted by molar-refractivity contribution is 4.71. The van der Waals surface area contributed by atoms with E-state index in [1.807, 2.05) is 7.05 Å². The van der Waals surface area contributed by atoms with Crippen molar-refractivity contribution in [2.45, 2.75) is 51.7 Å². The fraction of sp³-hybridized carbons (Fsp3) is 1.00. The number of nitrogens with one attached hydrogen (secondary N) is 1. The van der Waals surface area contributed by atoms with Gasteiger partial charge in [0.05, 0.1) is 12.2 Å². The maximum absolute atomic E-state index is 5.94. The third-order valence-electron chi connectivity index (χ3n) is 2.80. The molecule has 13 heavy (non-hydrogen) atoms. The topological polar surface area (TPSA) is 21.3 Å². The molecule has 0 amide bonds. The van der Waals surface area contributed by atoms with Crippen LogP contribution in [0, 0.1) is 5.92 Å². The van der Waals surface area contributed by atoms with Crippen LogP contribution in [0.3, 0.4) is 0 Å². The third kappa shape index (κ3) is 4.10. The molecule has 1 N–H and O–H groups in total. The molecule has 2 heteroatoms. The monoisotopic (exact) mass is 185 g/mol. The van der Waals surface area contributed by atoms with Gasteiger partial charge in [0.25, 0.3) is 0 Å². The highest BCUT2D eigenvalue weighted by Gasteiger charge is 2.20. The summed E-state index contributed by atoms with van der Waals surface area (Å²) in [5, 5.41) is 3.14. The predicted octanol–water partition coefficient (Wildman–Crippen LogP) is 2.19. The average molecular weight is 185 g/mol. The molecule has 1 saturated carbocycles. The Kier molecular flexibility index (Phi) is 4.74. The normalized spacial score (nSPS) is 31.6. The van der Waals surface area contributed by atoms with Gasteiger partial charge in [-0.3, -0.25) is 0 Å². The van der Waals surface area contributed by atoms with E-state index in [4.69, 9.17) is 4.74 Å². The number of hydrogen-bond acceptors (Lipinski definition) is 2. The van der Waals surface area contributed by atoms with Crippen LogP contribution in [0.4, 0.5) is 0 Å². The highest BCUT2D eigenvalue weighted by Crippen LogP contribution is 2.26. The molecule has 1 aliphatic rings. The quantitative estimate of drug-likeness (QED) is 0.725. The summed E-state index contributed by atoms with van der Waals surface area (Å²) in [5.74, 6) is 0.862. The van der Waals surface area contributed by atoms with Crippen LogP contribution in [-0.4, -0.2) is 25.8 Å². The minimum absolute atomic E-state index is 0.361. The minimum Gasteiger partial charge on any atom is -0.374 e. The Balaban J connectivity index is 2.19. The van der Waals surface area contributed by atoms with Gasteiger partial charge in [-0.2, -0.15) is 0 Å². The number of likely N-dealkylation sites (N-methyl/N-ethyl adjacent to an activating group) is 1. The fourth-order valence-electron chi connectivity index (χ4n) is 2.17. The minimum atomic E-state index is 0.361. The fourth-order valence-corrected chi connectivity index (χ4v) is 2.17. The smallest absolute Gasteiger partial charge is 0.0675 e. The summed E-state index contributed by atoms with van der Waals surface area (Å²) in [6.45, 7) is 5.44. The second-order valence-electron chi connectivity index (χ2n) is 4.40. The molecule has 3 atom stereocenters. The Labute approximate surface area is 82.0 Å². The van der Waals surface area contributed by atoms with E-state index in [-0.39, 0.29) is 0 Å². The number of ether oxygens (including phenoxy) is 1. The van der Waals surface area contributed by atoms with E-state index in [0.717, 1.165) is 12.5 Å². The molecule has 0 spiro atoms. The van der Waals surface area contributed by atoms with Crippen LogP contribution >= 0.6 is 0 Å². The summed E-state index contributed by atoms with van der Waals surface area (Å²) in [6, 6.07) is 0. The molecule has 0 bridgehead atoms. The van der Waals surface area contributed by atoms with Gasteiger partial charge in [-0.1, -0.05) is 19.8 Å². The van der Waals surface area contributed by atoms with E-state index in [1.54, 1.807) is 0 Å². The van der Waals surface area contributed by atoms with Gasteiger partial charge < -0.3 is 10.1 Å². The molecule has 0 aromatic heterocycles. The zero-order valence-corrected chi connectivity index (χ0v) is 9.18. The van der Waals surface area contributed by atoms with Crippen molar-refractivity contribution >= 4 is 0 Å². The molecule has 0 radical (unpaired) electrons. The summed E-state index contributed by atoms with van der Waals surface area (Å²) < 4.78 is 5.94. The van der Waals surface area contributed by atoms with Gasteiger partial charge in [-0.05, 0) is 32.7 Å². The van der Waals surface area contributed by atoms with E-state index in [1.165, 1.54) is 25.7 Å². The lowest BCUT2D eigenvalue weighted by Crippen LogP contribution is -2.31. The zero-order valence-electron chi connectivity index (χ0n) is 9.18. The first-order valence-corrected chi connectivity index (χ1v) is 5.52. The van der Waals surface area contributed by atoms with Crippen molar-refractivity contribution in [1.29, 1.82) is 0 Å². The Bertz CT molecular complexity index is 138. The van der Waals surface area contributed by atoms with Gasteiger partial charge in [0, 0.05) is 6.54 Å². The zero-order chi connectivity index (χ0) is 9.68. The Morgan fingerprint density at radius 3 is 2.85 bits per heavy atom. The molecule has 2 nitrogen and oxygen atoms in total. The second kappa shape index (κ2) is 5.61. The molecule has 0 aromatic carbocycles. The molecular formula is C11H23NO. The largest absolute Gasteiger partial charge is 0.374 e. The van der Waals surface area contributed by atoms with Gasteiger partial charge in [-0.15, -0.1) is 0 Å². The Morgan fingerprint density at radius 1 is 1.46 bits per heavy atom. The van der Waals surface area contributed by atoms with E-state index in [2.05, 4.69) is 19.2 Å². The van der Waals surface area contributed by atoms with E-state index in [0.29, 0.717) is 12.2 Å². The predicted molar refractivity (Wildman–Crippen MR) is 55.9 cm³/mol. The van der Waals surface area contributed by atoms with Crippen LogP contribution in [0.5, 0.6) is 0 Å². The van der Waals surface area contributed by atoms with Gasteiger partial charge in [0.15, 0.2) is 0 Å². The first-order chi connectivity index (χ1) is 6.22. The first-order valence-electron chi connectivity index (χ1n) is 5.52. The van der Waals surface area contributed by atoms with Crippen molar-refractivity contribution in [3.05, 3.63) is 0 Å². The third-order valence-corrected chi connectivity index (χ3v) is 2.80. The van der Waals surface area contributed by atoms with Gasteiger partial charge in [0.2, 0.25) is 0 Å². The molecule has 1 aliphatic carbocycles. The molecule has 0 saturated heterocycles. The van der Waals surface area contributed by atoms with Gasteiger partial charge >= 0.3 is 0 Å². The average Bonchev–Trinajstić information content (AvgIpc) is 2.04. The Morgan fingerprint density at radius 2 is 2.23 bits per heavy atom. The standard InChI is InChI=1S/C11H23NO/c1-9-5-4-6-11(7-9)13-10(2)8-12-3/h9-12H,4-8H2,1-3H3. The van der Waals surface area contributed by atoms with E-state index < -0.39 is 0 Å².